The fraction of sp³-hybridized carbons (Fsp3) is 0.154. The molecule has 174 valence electrons. The maximum Gasteiger partial charge on any atom is 0.265 e. The third-order valence-electron chi connectivity index (χ3n) is 5.62. The normalized spacial score (nSPS) is 12.1. The second-order valence-corrected chi connectivity index (χ2v) is 9.54. The van der Waals surface area contributed by atoms with Gasteiger partial charge in [0.1, 0.15) is 0 Å². The zero-order chi connectivity index (χ0) is 24.3. The van der Waals surface area contributed by atoms with E-state index in [1.807, 2.05) is 30.3 Å². The molecular formula is C26H25N3O4S. The molecule has 0 bridgehead atoms. The van der Waals surface area contributed by atoms with Crippen molar-refractivity contribution in [2.75, 3.05) is 13.1 Å². The van der Waals surface area contributed by atoms with Gasteiger partial charge in [0.05, 0.1) is 21.8 Å². The number of rotatable bonds is 7. The Morgan fingerprint density at radius 2 is 1.56 bits per heavy atom. The fourth-order valence-corrected chi connectivity index (χ4v) is 5.38. The standard InChI is InChI=1S/C26H25N3O4S/c1-3-28(4-2)34(32,33)21-14-10-13-20(17-21)29-25(30)23-16-9-8-15-22(23)24(26(29)31)18-27-19-11-6-5-7-12-19/h5-18,31H,3-4H2,1-2H3. The minimum Gasteiger partial charge on any atom is -0.494 e. The van der Waals surface area contributed by atoms with Gasteiger partial charge in [0.2, 0.25) is 15.9 Å². The first kappa shape index (κ1) is 23.4. The van der Waals surface area contributed by atoms with Crippen molar-refractivity contribution >= 4 is 32.7 Å². The Morgan fingerprint density at radius 1 is 0.912 bits per heavy atom. The summed E-state index contributed by atoms with van der Waals surface area (Å²) in [5.41, 5.74) is 0.838. The summed E-state index contributed by atoms with van der Waals surface area (Å²) in [7, 11) is -3.75. The van der Waals surface area contributed by atoms with Crippen molar-refractivity contribution in [1.82, 2.24) is 8.87 Å². The quantitative estimate of drug-likeness (QED) is 0.399. The van der Waals surface area contributed by atoms with Gasteiger partial charge in [-0.15, -0.1) is 0 Å². The maximum absolute atomic E-state index is 13.4. The molecule has 0 atom stereocenters. The summed E-state index contributed by atoms with van der Waals surface area (Å²) >= 11 is 0. The Balaban J connectivity index is 1.94. The van der Waals surface area contributed by atoms with Crippen LogP contribution in [-0.2, 0) is 10.0 Å². The van der Waals surface area contributed by atoms with E-state index in [2.05, 4.69) is 4.99 Å². The van der Waals surface area contributed by atoms with Crippen LogP contribution in [0.25, 0.3) is 16.5 Å². The number of pyridine rings is 1. The van der Waals surface area contributed by atoms with Crippen LogP contribution in [0.5, 0.6) is 5.88 Å². The zero-order valence-electron chi connectivity index (χ0n) is 18.9. The Bertz CT molecular complexity index is 1520. The minimum absolute atomic E-state index is 0.0488. The molecule has 0 fully saturated rings. The zero-order valence-corrected chi connectivity index (χ0v) is 19.7. The van der Waals surface area contributed by atoms with Crippen LogP contribution in [0.2, 0.25) is 0 Å². The average Bonchev–Trinajstić information content (AvgIpc) is 2.85. The summed E-state index contributed by atoms with van der Waals surface area (Å²) in [4.78, 5) is 17.9. The third kappa shape index (κ3) is 4.25. The molecule has 0 aliphatic rings. The van der Waals surface area contributed by atoms with Gasteiger partial charge in [0.15, 0.2) is 0 Å². The molecule has 8 heteroatoms. The number of sulfonamides is 1. The number of nitrogens with zero attached hydrogens (tertiary/aromatic N) is 3. The molecule has 1 heterocycles. The summed E-state index contributed by atoms with van der Waals surface area (Å²) in [5.74, 6) is -0.319. The summed E-state index contributed by atoms with van der Waals surface area (Å²) in [5, 5.41) is 12.1. The van der Waals surface area contributed by atoms with Gasteiger partial charge >= 0.3 is 0 Å². The van der Waals surface area contributed by atoms with Gasteiger partial charge in [-0.3, -0.25) is 9.79 Å². The highest BCUT2D eigenvalue weighted by molar-refractivity contribution is 7.89. The summed E-state index contributed by atoms with van der Waals surface area (Å²) in [6, 6.07) is 22.2. The van der Waals surface area contributed by atoms with Crippen LogP contribution in [0.4, 0.5) is 5.69 Å². The van der Waals surface area contributed by atoms with E-state index in [4.69, 9.17) is 0 Å². The molecule has 7 nitrogen and oxygen atoms in total. The van der Waals surface area contributed by atoms with Gasteiger partial charge in [-0.25, -0.2) is 13.0 Å². The molecule has 0 radical (unpaired) electrons. The summed E-state index contributed by atoms with van der Waals surface area (Å²) in [6.45, 7) is 4.18. The van der Waals surface area contributed by atoms with Crippen LogP contribution in [0.1, 0.15) is 19.4 Å². The van der Waals surface area contributed by atoms with Crippen LogP contribution in [-0.4, -0.2) is 41.7 Å². The van der Waals surface area contributed by atoms with E-state index in [1.165, 1.54) is 22.7 Å². The lowest BCUT2D eigenvalue weighted by atomic mass is 10.1. The van der Waals surface area contributed by atoms with Crippen LogP contribution >= 0.6 is 0 Å². The van der Waals surface area contributed by atoms with E-state index in [-0.39, 0.29) is 16.5 Å². The van der Waals surface area contributed by atoms with E-state index >= 15 is 0 Å². The summed E-state index contributed by atoms with van der Waals surface area (Å²) < 4.78 is 28.5. The SMILES string of the molecule is CCN(CC)S(=O)(=O)c1cccc(-n2c(O)c(C=Nc3ccccc3)c3ccccc3c2=O)c1. The van der Waals surface area contributed by atoms with Gasteiger partial charge in [0, 0.05) is 30.1 Å². The molecule has 4 aromatic rings. The third-order valence-corrected chi connectivity index (χ3v) is 7.67. The molecule has 3 aromatic carbocycles. The minimum atomic E-state index is -3.75. The Morgan fingerprint density at radius 3 is 2.24 bits per heavy atom. The van der Waals surface area contributed by atoms with Gasteiger partial charge in [-0.1, -0.05) is 56.3 Å². The van der Waals surface area contributed by atoms with E-state index in [0.29, 0.717) is 35.1 Å². The maximum atomic E-state index is 13.4. The summed E-state index contributed by atoms with van der Waals surface area (Å²) in [6.07, 6.45) is 1.51. The van der Waals surface area contributed by atoms with Gasteiger partial charge < -0.3 is 5.11 Å². The second kappa shape index (κ2) is 9.62. The largest absolute Gasteiger partial charge is 0.494 e. The van der Waals surface area contributed by atoms with Gasteiger partial charge in [0.25, 0.3) is 5.56 Å². The van der Waals surface area contributed by atoms with E-state index < -0.39 is 15.6 Å². The topological polar surface area (TPSA) is 92.0 Å². The van der Waals surface area contributed by atoms with Crippen LogP contribution < -0.4 is 5.56 Å². The van der Waals surface area contributed by atoms with Crippen molar-refractivity contribution in [3.8, 4) is 11.6 Å². The molecule has 0 aliphatic carbocycles. The average molecular weight is 476 g/mol. The molecule has 1 aromatic heterocycles. The van der Waals surface area contributed by atoms with Crippen molar-refractivity contribution < 1.29 is 13.5 Å². The second-order valence-electron chi connectivity index (χ2n) is 7.60. The Labute approximate surface area is 198 Å². The molecule has 1 N–H and O–H groups in total. The van der Waals surface area contributed by atoms with E-state index in [9.17, 15) is 18.3 Å². The lowest BCUT2D eigenvalue weighted by Gasteiger charge is -2.19. The number of aliphatic imine (C=N–C) groups is 1. The predicted octanol–water partition coefficient (Wildman–Crippen LogP) is 4.48. The predicted molar refractivity (Wildman–Crippen MR) is 135 cm³/mol. The van der Waals surface area contributed by atoms with E-state index in [1.54, 1.807) is 50.2 Å². The van der Waals surface area contributed by atoms with Crippen LogP contribution in [0.3, 0.4) is 0 Å². The monoisotopic (exact) mass is 475 g/mol. The highest BCUT2D eigenvalue weighted by Crippen LogP contribution is 2.28. The van der Waals surface area contributed by atoms with Crippen molar-refractivity contribution in [2.45, 2.75) is 18.7 Å². The lowest BCUT2D eigenvalue weighted by molar-refractivity contribution is 0.435. The smallest absolute Gasteiger partial charge is 0.265 e. The number of aromatic nitrogens is 1. The number of hydrogen-bond acceptors (Lipinski definition) is 5. The first-order valence-electron chi connectivity index (χ1n) is 10.9. The number of hydrogen-bond donors (Lipinski definition) is 1. The number of aromatic hydroxyl groups is 1. The van der Waals surface area contributed by atoms with Crippen LogP contribution in [0, 0.1) is 0 Å². The molecule has 0 unspecified atom stereocenters. The molecule has 0 spiro atoms. The molecule has 0 saturated heterocycles. The molecule has 4 rings (SSSR count). The van der Waals surface area contributed by atoms with Crippen molar-refractivity contribution in [1.29, 1.82) is 0 Å². The van der Waals surface area contributed by atoms with Gasteiger partial charge in [-0.2, -0.15) is 4.31 Å². The van der Waals surface area contributed by atoms with Crippen LogP contribution in [0.15, 0.2) is 93.5 Å². The van der Waals surface area contributed by atoms with Crippen molar-refractivity contribution in [3.63, 3.8) is 0 Å². The van der Waals surface area contributed by atoms with Crippen molar-refractivity contribution in [2.24, 2.45) is 4.99 Å². The van der Waals surface area contributed by atoms with E-state index in [0.717, 1.165) is 4.57 Å². The highest BCUT2D eigenvalue weighted by atomic mass is 32.2. The highest BCUT2D eigenvalue weighted by Gasteiger charge is 2.23. The first-order valence-corrected chi connectivity index (χ1v) is 12.4. The number of fused-ring (bicyclic) bond motifs is 1. The molecular weight excluding hydrogens is 450 g/mol. The molecule has 0 saturated carbocycles. The molecule has 0 aliphatic heterocycles. The Hall–Kier alpha value is -3.75. The number of para-hydroxylation sites is 1. The number of benzene rings is 3. The fourth-order valence-electron chi connectivity index (χ4n) is 3.88. The van der Waals surface area contributed by atoms with Gasteiger partial charge in [-0.05, 0) is 36.4 Å². The Kier molecular flexibility index (Phi) is 6.63. The molecule has 34 heavy (non-hydrogen) atoms. The molecule has 0 amide bonds. The lowest BCUT2D eigenvalue weighted by Crippen LogP contribution is -2.30. The van der Waals surface area contributed by atoms with Crippen molar-refractivity contribution in [3.05, 3.63) is 94.8 Å². The first-order chi connectivity index (χ1) is 16.4.